The van der Waals surface area contributed by atoms with Gasteiger partial charge in [-0.05, 0) is 31.0 Å². The monoisotopic (exact) mass is 390 g/mol. The molecule has 2 aliphatic rings. The summed E-state index contributed by atoms with van der Waals surface area (Å²) in [7, 11) is 1.89. The molecule has 1 aliphatic carbocycles. The first-order valence-electron chi connectivity index (χ1n) is 10.4. The summed E-state index contributed by atoms with van der Waals surface area (Å²) < 4.78 is 1.77. The van der Waals surface area contributed by atoms with Gasteiger partial charge in [-0.3, -0.25) is 24.3 Å². The third kappa shape index (κ3) is 4.21. The zero-order valence-electron chi connectivity index (χ0n) is 16.8. The first-order chi connectivity index (χ1) is 14.1. The highest BCUT2D eigenvalue weighted by atomic mass is 16.1. The van der Waals surface area contributed by atoms with Gasteiger partial charge in [-0.15, -0.1) is 0 Å². The van der Waals surface area contributed by atoms with Crippen molar-refractivity contribution in [1.82, 2.24) is 29.5 Å². The average Bonchev–Trinajstić information content (AvgIpc) is 3.48. The van der Waals surface area contributed by atoms with Crippen LogP contribution < -0.4 is 0 Å². The Labute approximate surface area is 170 Å². The Bertz CT molecular complexity index is 1030. The molecule has 0 radical (unpaired) electrons. The molecule has 3 aromatic heterocycles. The van der Waals surface area contributed by atoms with Crippen LogP contribution in [0, 0.1) is 0 Å². The number of hydrogen-bond acceptors (Lipinski definition) is 6. The Balaban J connectivity index is 1.24. The average molecular weight is 390 g/mol. The zero-order chi connectivity index (χ0) is 19.8. The molecule has 5 rings (SSSR count). The fraction of sp³-hybridized carbons (Fsp3) is 0.455. The molecule has 1 saturated heterocycles. The lowest BCUT2D eigenvalue weighted by atomic mass is 10.1. The van der Waals surface area contributed by atoms with Gasteiger partial charge in [0, 0.05) is 68.3 Å². The Morgan fingerprint density at radius 1 is 1.14 bits per heavy atom. The van der Waals surface area contributed by atoms with Crippen molar-refractivity contribution in [1.29, 1.82) is 0 Å². The molecule has 150 valence electrons. The van der Waals surface area contributed by atoms with Crippen LogP contribution in [-0.4, -0.2) is 74.1 Å². The third-order valence-corrected chi connectivity index (χ3v) is 5.88. The number of hydrogen-bond donors (Lipinski definition) is 0. The summed E-state index contributed by atoms with van der Waals surface area (Å²) in [4.78, 5) is 26.7. The summed E-state index contributed by atoms with van der Waals surface area (Å²) in [6.07, 6.45) is 8.63. The minimum Gasteiger partial charge on any atom is -0.298 e. The third-order valence-electron chi connectivity index (χ3n) is 5.88. The van der Waals surface area contributed by atoms with Crippen molar-refractivity contribution in [2.24, 2.45) is 7.05 Å². The van der Waals surface area contributed by atoms with Crippen molar-refractivity contribution in [3.8, 4) is 11.3 Å². The van der Waals surface area contributed by atoms with E-state index in [1.807, 2.05) is 43.8 Å². The number of aromatic nitrogens is 4. The number of Topliss-reactive ketones (excluding diaryl/α,β-unsaturated/α-hetero) is 1. The van der Waals surface area contributed by atoms with Gasteiger partial charge in [-0.1, -0.05) is 0 Å². The summed E-state index contributed by atoms with van der Waals surface area (Å²) in [6.45, 7) is 4.68. The number of ketones is 1. The highest BCUT2D eigenvalue weighted by Crippen LogP contribution is 2.27. The maximum atomic E-state index is 12.6. The molecule has 0 bridgehead atoms. The standard InChI is InChI=1S/C22H26N6O/c1-26-14-17(13-24-26)21-5-2-16-12-23-18(11-22(16)25-21)10-20(29)15-27-6-8-28(9-7-27)19-3-4-19/h2,5,11-14,19H,3-4,6-10,15H2,1H3. The second-order valence-corrected chi connectivity index (χ2v) is 8.23. The summed E-state index contributed by atoms with van der Waals surface area (Å²) in [5.41, 5.74) is 3.51. The van der Waals surface area contributed by atoms with Gasteiger partial charge in [-0.2, -0.15) is 5.10 Å². The van der Waals surface area contributed by atoms with Crippen molar-refractivity contribution >= 4 is 16.7 Å². The van der Waals surface area contributed by atoms with Gasteiger partial charge in [0.2, 0.25) is 0 Å². The molecule has 0 spiro atoms. The molecular formula is C22H26N6O. The van der Waals surface area contributed by atoms with E-state index in [0.717, 1.165) is 60.1 Å². The SMILES string of the molecule is Cn1cc(-c2ccc3cnc(CC(=O)CN4CCN(C5CC5)CC4)cc3n2)cn1. The highest BCUT2D eigenvalue weighted by Gasteiger charge is 2.31. The second-order valence-electron chi connectivity index (χ2n) is 8.23. The van der Waals surface area contributed by atoms with Crippen LogP contribution in [0.25, 0.3) is 22.2 Å². The Hall–Kier alpha value is -2.64. The molecule has 2 fully saturated rings. The van der Waals surface area contributed by atoms with Crippen molar-refractivity contribution in [2.45, 2.75) is 25.3 Å². The minimum absolute atomic E-state index is 0.222. The highest BCUT2D eigenvalue weighted by molar-refractivity contribution is 5.85. The number of pyridine rings is 2. The first-order valence-corrected chi connectivity index (χ1v) is 10.4. The van der Waals surface area contributed by atoms with Crippen LogP contribution in [0.1, 0.15) is 18.5 Å². The van der Waals surface area contributed by atoms with Crippen molar-refractivity contribution in [3.63, 3.8) is 0 Å². The predicted molar refractivity (Wildman–Crippen MR) is 111 cm³/mol. The normalized spacial score (nSPS) is 18.4. The number of rotatable bonds is 6. The van der Waals surface area contributed by atoms with Crippen LogP contribution in [0.4, 0.5) is 0 Å². The molecule has 3 aromatic rings. The Morgan fingerprint density at radius 3 is 2.69 bits per heavy atom. The van der Waals surface area contributed by atoms with Crippen LogP contribution in [0.3, 0.4) is 0 Å². The van der Waals surface area contributed by atoms with Crippen molar-refractivity contribution in [2.75, 3.05) is 32.7 Å². The van der Waals surface area contributed by atoms with Gasteiger partial charge in [0.15, 0.2) is 5.78 Å². The maximum absolute atomic E-state index is 12.6. The smallest absolute Gasteiger partial charge is 0.152 e. The molecule has 4 heterocycles. The fourth-order valence-corrected chi connectivity index (χ4v) is 4.10. The van der Waals surface area contributed by atoms with E-state index in [0.29, 0.717) is 13.0 Å². The van der Waals surface area contributed by atoms with Crippen LogP contribution in [0.15, 0.2) is 36.8 Å². The molecule has 0 atom stereocenters. The lowest BCUT2D eigenvalue weighted by Gasteiger charge is -2.34. The van der Waals surface area contributed by atoms with Gasteiger partial charge >= 0.3 is 0 Å². The second kappa shape index (κ2) is 7.65. The van der Waals surface area contributed by atoms with Gasteiger partial charge < -0.3 is 0 Å². The van der Waals surface area contributed by atoms with Crippen LogP contribution in [0.5, 0.6) is 0 Å². The lowest BCUT2D eigenvalue weighted by Crippen LogP contribution is -2.48. The maximum Gasteiger partial charge on any atom is 0.152 e. The topological polar surface area (TPSA) is 67.2 Å². The molecule has 29 heavy (non-hydrogen) atoms. The quantitative estimate of drug-likeness (QED) is 0.641. The molecule has 7 heteroatoms. The molecule has 0 aromatic carbocycles. The van der Waals surface area contributed by atoms with E-state index in [2.05, 4.69) is 19.9 Å². The molecular weight excluding hydrogens is 364 g/mol. The first kappa shape index (κ1) is 18.4. The molecule has 1 aliphatic heterocycles. The molecule has 0 N–H and O–H groups in total. The van der Waals surface area contributed by atoms with E-state index in [-0.39, 0.29) is 5.78 Å². The van der Waals surface area contributed by atoms with E-state index in [4.69, 9.17) is 4.98 Å². The van der Waals surface area contributed by atoms with Gasteiger partial charge in [-0.25, -0.2) is 4.98 Å². The number of aryl methyl sites for hydroxylation is 1. The van der Waals surface area contributed by atoms with E-state index < -0.39 is 0 Å². The van der Waals surface area contributed by atoms with Crippen LogP contribution in [-0.2, 0) is 18.3 Å². The van der Waals surface area contributed by atoms with Gasteiger partial charge in [0.05, 0.1) is 30.4 Å². The summed E-state index contributed by atoms with van der Waals surface area (Å²) in [5, 5.41) is 5.19. The van der Waals surface area contributed by atoms with E-state index in [1.165, 1.54) is 12.8 Å². The number of nitrogens with zero attached hydrogens (tertiary/aromatic N) is 6. The molecule has 0 unspecified atom stereocenters. The summed E-state index contributed by atoms with van der Waals surface area (Å²) in [6, 6.07) is 6.76. The molecule has 1 saturated carbocycles. The Morgan fingerprint density at radius 2 is 1.97 bits per heavy atom. The number of carbonyl (C=O) groups is 1. The summed E-state index contributed by atoms with van der Waals surface area (Å²) in [5.74, 6) is 0.222. The van der Waals surface area contributed by atoms with Gasteiger partial charge in [0.1, 0.15) is 0 Å². The van der Waals surface area contributed by atoms with Crippen LogP contribution >= 0.6 is 0 Å². The van der Waals surface area contributed by atoms with Crippen molar-refractivity contribution in [3.05, 3.63) is 42.5 Å². The number of piperazine rings is 1. The van der Waals surface area contributed by atoms with E-state index in [1.54, 1.807) is 4.68 Å². The molecule has 0 amide bonds. The number of carbonyl (C=O) groups excluding carboxylic acids is 1. The fourth-order valence-electron chi connectivity index (χ4n) is 4.10. The Kier molecular flexibility index (Phi) is 4.85. The predicted octanol–water partition coefficient (Wildman–Crippen LogP) is 1.92. The minimum atomic E-state index is 0.222. The lowest BCUT2D eigenvalue weighted by molar-refractivity contribution is -0.120. The van der Waals surface area contributed by atoms with Gasteiger partial charge in [0.25, 0.3) is 0 Å². The van der Waals surface area contributed by atoms with E-state index in [9.17, 15) is 4.79 Å². The number of fused-ring (bicyclic) bond motifs is 1. The summed E-state index contributed by atoms with van der Waals surface area (Å²) >= 11 is 0. The zero-order valence-corrected chi connectivity index (χ0v) is 16.8. The molecule has 7 nitrogen and oxygen atoms in total. The largest absolute Gasteiger partial charge is 0.298 e. The van der Waals surface area contributed by atoms with E-state index >= 15 is 0 Å². The van der Waals surface area contributed by atoms with Crippen LogP contribution in [0.2, 0.25) is 0 Å². The van der Waals surface area contributed by atoms with Crippen molar-refractivity contribution < 1.29 is 4.79 Å².